The van der Waals surface area contributed by atoms with E-state index >= 15 is 0 Å². The lowest BCUT2D eigenvalue weighted by molar-refractivity contribution is -0.127. The summed E-state index contributed by atoms with van der Waals surface area (Å²) in [5.41, 5.74) is 0. The van der Waals surface area contributed by atoms with Crippen LogP contribution in [0.3, 0.4) is 0 Å². The van der Waals surface area contributed by atoms with E-state index in [2.05, 4.69) is 17.0 Å². The number of likely N-dealkylation sites (tertiary alicyclic amines) is 1. The maximum absolute atomic E-state index is 12.3. The molecule has 126 valence electrons. The summed E-state index contributed by atoms with van der Waals surface area (Å²) < 4.78 is 27.2. The Kier molecular flexibility index (Phi) is 4.75. The topological polar surface area (TPSA) is 78.5 Å². The Morgan fingerprint density at radius 3 is 2.32 bits per heavy atom. The van der Waals surface area contributed by atoms with Crippen molar-refractivity contribution in [3.05, 3.63) is 0 Å². The third kappa shape index (κ3) is 3.81. The molecule has 2 N–H and O–H groups in total. The summed E-state index contributed by atoms with van der Waals surface area (Å²) in [4.78, 5) is 14.0. The van der Waals surface area contributed by atoms with Gasteiger partial charge in [0.25, 0.3) is 0 Å². The van der Waals surface area contributed by atoms with Crippen LogP contribution in [0.25, 0.3) is 0 Å². The molecule has 1 amide bonds. The van der Waals surface area contributed by atoms with Crippen molar-refractivity contribution in [2.45, 2.75) is 38.6 Å². The number of nitrogens with zero attached hydrogens (tertiary/aromatic N) is 1. The first-order chi connectivity index (χ1) is 10.4. The number of rotatable bonds is 4. The van der Waals surface area contributed by atoms with E-state index in [0.717, 1.165) is 38.8 Å². The maximum atomic E-state index is 12.3. The largest absolute Gasteiger partial charge is 0.341 e. The lowest BCUT2D eigenvalue weighted by Gasteiger charge is -2.27. The predicted octanol–water partition coefficient (Wildman–Crippen LogP) is 0.162. The molecule has 3 fully saturated rings. The monoisotopic (exact) mass is 329 g/mol. The average Bonchev–Trinajstić information content (AvgIpc) is 3.01. The Bertz CT molecular complexity index is 502. The molecule has 3 aliphatic rings. The third-order valence-electron chi connectivity index (χ3n) is 5.42. The standard InChI is InChI=1S/C15H27N3O3S/c1-11-2-4-14(5-3-11)17-22(20,21)10-15(19)18-8-12-6-16-7-13(12)9-18/h11-14,16-17H,2-10H2,1H3/t11?,12-,13+,14?. The number of hydrogen-bond acceptors (Lipinski definition) is 4. The van der Waals surface area contributed by atoms with Crippen molar-refractivity contribution in [2.24, 2.45) is 17.8 Å². The molecule has 0 spiro atoms. The van der Waals surface area contributed by atoms with Crippen LogP contribution in [0.1, 0.15) is 32.6 Å². The van der Waals surface area contributed by atoms with Crippen molar-refractivity contribution >= 4 is 15.9 Å². The molecule has 1 saturated carbocycles. The van der Waals surface area contributed by atoms with Crippen LogP contribution < -0.4 is 10.0 Å². The van der Waals surface area contributed by atoms with Crippen LogP contribution >= 0.6 is 0 Å². The van der Waals surface area contributed by atoms with Crippen LogP contribution in [0, 0.1) is 17.8 Å². The van der Waals surface area contributed by atoms with Gasteiger partial charge in [-0.1, -0.05) is 6.92 Å². The highest BCUT2D eigenvalue weighted by Crippen LogP contribution is 2.27. The molecule has 22 heavy (non-hydrogen) atoms. The molecule has 7 heteroatoms. The highest BCUT2D eigenvalue weighted by atomic mass is 32.2. The zero-order chi connectivity index (χ0) is 15.7. The van der Waals surface area contributed by atoms with Crippen LogP contribution in [-0.4, -0.2) is 57.2 Å². The average molecular weight is 329 g/mol. The molecule has 0 unspecified atom stereocenters. The van der Waals surface area contributed by atoms with Gasteiger partial charge in [0.1, 0.15) is 5.75 Å². The van der Waals surface area contributed by atoms with E-state index < -0.39 is 15.8 Å². The molecule has 0 bridgehead atoms. The van der Waals surface area contributed by atoms with E-state index in [9.17, 15) is 13.2 Å². The van der Waals surface area contributed by atoms with Gasteiger partial charge in [-0.3, -0.25) is 4.79 Å². The van der Waals surface area contributed by atoms with Crippen molar-refractivity contribution in [1.29, 1.82) is 0 Å². The summed E-state index contributed by atoms with van der Waals surface area (Å²) in [7, 11) is -3.52. The molecule has 2 aliphatic heterocycles. The Morgan fingerprint density at radius 1 is 1.14 bits per heavy atom. The molecule has 0 aromatic heterocycles. The Hall–Kier alpha value is -0.660. The fourth-order valence-electron chi connectivity index (χ4n) is 3.99. The fraction of sp³-hybridized carbons (Fsp3) is 0.933. The van der Waals surface area contributed by atoms with Crippen LogP contribution in [0.4, 0.5) is 0 Å². The summed E-state index contributed by atoms with van der Waals surface area (Å²) in [6, 6.07) is 0.0103. The molecule has 6 nitrogen and oxygen atoms in total. The predicted molar refractivity (Wildman–Crippen MR) is 84.8 cm³/mol. The van der Waals surface area contributed by atoms with Gasteiger partial charge < -0.3 is 10.2 Å². The lowest BCUT2D eigenvalue weighted by atomic mass is 9.88. The van der Waals surface area contributed by atoms with E-state index in [1.807, 2.05) is 0 Å². The first-order valence-corrected chi connectivity index (χ1v) is 10.1. The summed E-state index contributed by atoms with van der Waals surface area (Å²) in [5.74, 6) is 1.04. The smallest absolute Gasteiger partial charge is 0.239 e. The third-order valence-corrected chi connectivity index (χ3v) is 6.74. The zero-order valence-electron chi connectivity index (χ0n) is 13.3. The van der Waals surface area contributed by atoms with E-state index in [1.54, 1.807) is 4.90 Å². The highest BCUT2D eigenvalue weighted by molar-refractivity contribution is 7.90. The lowest BCUT2D eigenvalue weighted by Crippen LogP contribution is -2.43. The van der Waals surface area contributed by atoms with Gasteiger partial charge in [0.15, 0.2) is 0 Å². The van der Waals surface area contributed by atoms with Crippen LogP contribution in [0.5, 0.6) is 0 Å². The zero-order valence-corrected chi connectivity index (χ0v) is 14.1. The Balaban J connectivity index is 1.50. The second kappa shape index (κ2) is 6.45. The minimum absolute atomic E-state index is 0.0103. The molecule has 2 heterocycles. The van der Waals surface area contributed by atoms with Crippen LogP contribution in [0.2, 0.25) is 0 Å². The van der Waals surface area contributed by atoms with E-state index in [4.69, 9.17) is 0 Å². The van der Waals surface area contributed by atoms with Gasteiger partial charge in [-0.25, -0.2) is 13.1 Å². The number of nitrogens with one attached hydrogen (secondary N) is 2. The van der Waals surface area contributed by atoms with Crippen molar-refractivity contribution in [1.82, 2.24) is 14.9 Å². The molecule has 2 saturated heterocycles. The van der Waals surface area contributed by atoms with E-state index in [0.29, 0.717) is 30.8 Å². The molecule has 1 aliphatic carbocycles. The first-order valence-electron chi connectivity index (χ1n) is 8.41. The molecule has 0 aromatic rings. The van der Waals surface area contributed by atoms with Gasteiger partial charge >= 0.3 is 0 Å². The fourth-order valence-corrected chi connectivity index (χ4v) is 5.32. The van der Waals surface area contributed by atoms with Gasteiger partial charge in [-0.2, -0.15) is 0 Å². The van der Waals surface area contributed by atoms with E-state index in [1.165, 1.54) is 0 Å². The summed E-state index contributed by atoms with van der Waals surface area (Å²) in [6.07, 6.45) is 3.88. The van der Waals surface area contributed by atoms with Gasteiger partial charge in [0.05, 0.1) is 0 Å². The first kappa shape index (κ1) is 16.2. The van der Waals surface area contributed by atoms with Gasteiger partial charge in [-0.05, 0) is 43.4 Å². The minimum Gasteiger partial charge on any atom is -0.341 e. The Morgan fingerprint density at radius 2 is 1.73 bits per heavy atom. The van der Waals surface area contributed by atoms with Crippen LogP contribution in [-0.2, 0) is 14.8 Å². The number of fused-ring (bicyclic) bond motifs is 1. The molecule has 2 atom stereocenters. The maximum Gasteiger partial charge on any atom is 0.239 e. The van der Waals surface area contributed by atoms with Crippen molar-refractivity contribution in [3.63, 3.8) is 0 Å². The molecular weight excluding hydrogens is 302 g/mol. The highest BCUT2D eigenvalue weighted by Gasteiger charge is 2.39. The molecule has 3 rings (SSSR count). The second-order valence-corrected chi connectivity index (χ2v) is 9.06. The number of carbonyl (C=O) groups excluding carboxylic acids is 1. The van der Waals surface area contributed by atoms with Crippen molar-refractivity contribution < 1.29 is 13.2 Å². The normalized spacial score (nSPS) is 35.6. The number of carbonyl (C=O) groups is 1. The number of sulfonamides is 1. The molecular formula is C15H27N3O3S. The van der Waals surface area contributed by atoms with Gasteiger partial charge in [0.2, 0.25) is 15.9 Å². The summed E-state index contributed by atoms with van der Waals surface area (Å²) in [6.45, 7) is 5.49. The molecule has 0 aromatic carbocycles. The van der Waals surface area contributed by atoms with Gasteiger partial charge in [0, 0.05) is 32.2 Å². The van der Waals surface area contributed by atoms with Gasteiger partial charge in [-0.15, -0.1) is 0 Å². The molecule has 0 radical (unpaired) electrons. The number of amides is 1. The van der Waals surface area contributed by atoms with Crippen molar-refractivity contribution in [3.8, 4) is 0 Å². The number of hydrogen-bond donors (Lipinski definition) is 2. The summed E-state index contributed by atoms with van der Waals surface area (Å²) >= 11 is 0. The quantitative estimate of drug-likeness (QED) is 0.770. The SMILES string of the molecule is CC1CCC(NS(=O)(=O)CC(=O)N2C[C@H]3CNC[C@H]3C2)CC1. The van der Waals surface area contributed by atoms with E-state index in [-0.39, 0.29) is 11.9 Å². The second-order valence-electron chi connectivity index (χ2n) is 7.31. The minimum atomic E-state index is -3.52. The summed E-state index contributed by atoms with van der Waals surface area (Å²) in [5, 5.41) is 3.32. The van der Waals surface area contributed by atoms with Crippen molar-refractivity contribution in [2.75, 3.05) is 31.9 Å². The van der Waals surface area contributed by atoms with Crippen LogP contribution in [0.15, 0.2) is 0 Å². The Labute approximate surface area is 133 Å².